The van der Waals surface area contributed by atoms with Gasteiger partial charge in [0.1, 0.15) is 5.03 Å². The highest BCUT2D eigenvalue weighted by molar-refractivity contribution is 7.98. The third kappa shape index (κ3) is 4.48. The molecule has 0 aliphatic heterocycles. The van der Waals surface area contributed by atoms with E-state index in [-0.39, 0.29) is 5.69 Å². The maximum Gasteiger partial charge on any atom is 0.269 e. The molecule has 0 unspecified atom stereocenters. The molecule has 0 aliphatic rings. The number of thioether (sulfide) groups is 1. The Labute approximate surface area is 158 Å². The fourth-order valence-corrected chi connectivity index (χ4v) is 3.47. The first kappa shape index (κ1) is 17.7. The standard InChI is InChI=1S/C17H11Cl2N3O2S/c18-13-4-1-12(15(19)9-13)10-25-17-8-7-16(20-21-17)11-2-5-14(6-3-11)22(23)24/h1-9H,10H2. The van der Waals surface area contributed by atoms with E-state index in [0.717, 1.165) is 16.2 Å². The lowest BCUT2D eigenvalue weighted by Crippen LogP contribution is -1.91. The van der Waals surface area contributed by atoms with Gasteiger partial charge in [0, 0.05) is 33.5 Å². The van der Waals surface area contributed by atoms with Crippen LogP contribution in [0.3, 0.4) is 0 Å². The van der Waals surface area contributed by atoms with Crippen molar-refractivity contribution in [1.82, 2.24) is 10.2 Å². The van der Waals surface area contributed by atoms with Gasteiger partial charge >= 0.3 is 0 Å². The SMILES string of the molecule is O=[N+]([O-])c1ccc(-c2ccc(SCc3ccc(Cl)cc3Cl)nn2)cc1. The lowest BCUT2D eigenvalue weighted by molar-refractivity contribution is -0.384. The zero-order valence-electron chi connectivity index (χ0n) is 12.7. The highest BCUT2D eigenvalue weighted by Gasteiger charge is 2.08. The molecule has 0 bridgehead atoms. The maximum atomic E-state index is 10.7. The van der Waals surface area contributed by atoms with Crippen LogP contribution in [0.2, 0.25) is 10.0 Å². The average Bonchev–Trinajstić information content (AvgIpc) is 2.61. The molecule has 0 atom stereocenters. The van der Waals surface area contributed by atoms with E-state index in [1.165, 1.54) is 23.9 Å². The van der Waals surface area contributed by atoms with E-state index in [9.17, 15) is 10.1 Å². The fourth-order valence-electron chi connectivity index (χ4n) is 2.10. The summed E-state index contributed by atoms with van der Waals surface area (Å²) in [4.78, 5) is 10.2. The minimum atomic E-state index is -0.433. The molecule has 0 saturated carbocycles. The molecule has 3 aromatic rings. The molecule has 3 rings (SSSR count). The lowest BCUT2D eigenvalue weighted by atomic mass is 10.1. The number of benzene rings is 2. The monoisotopic (exact) mass is 391 g/mol. The number of non-ortho nitro benzene ring substituents is 1. The van der Waals surface area contributed by atoms with E-state index in [1.54, 1.807) is 24.3 Å². The van der Waals surface area contributed by atoms with E-state index in [4.69, 9.17) is 23.2 Å². The van der Waals surface area contributed by atoms with Crippen LogP contribution in [-0.2, 0) is 5.75 Å². The summed E-state index contributed by atoms with van der Waals surface area (Å²) in [6, 6.07) is 15.3. The molecule has 0 radical (unpaired) electrons. The summed E-state index contributed by atoms with van der Waals surface area (Å²) >= 11 is 13.6. The molecule has 0 fully saturated rings. The predicted octanol–water partition coefficient (Wildman–Crippen LogP) is 5.65. The van der Waals surface area contributed by atoms with E-state index in [1.807, 2.05) is 18.2 Å². The second kappa shape index (κ2) is 7.82. The van der Waals surface area contributed by atoms with E-state index >= 15 is 0 Å². The number of nitro groups is 1. The van der Waals surface area contributed by atoms with Crippen LogP contribution >= 0.6 is 35.0 Å². The molecular formula is C17H11Cl2N3O2S. The van der Waals surface area contributed by atoms with Gasteiger partial charge in [0.05, 0.1) is 10.6 Å². The van der Waals surface area contributed by atoms with Gasteiger partial charge in [-0.05, 0) is 42.0 Å². The minimum absolute atomic E-state index is 0.0451. The Morgan fingerprint density at radius 2 is 1.76 bits per heavy atom. The molecule has 1 aromatic heterocycles. The number of aromatic nitrogens is 2. The number of nitrogens with zero attached hydrogens (tertiary/aromatic N) is 3. The topological polar surface area (TPSA) is 68.9 Å². The molecule has 0 N–H and O–H groups in total. The van der Waals surface area contributed by atoms with Crippen molar-refractivity contribution < 1.29 is 4.92 Å². The molecule has 0 spiro atoms. The summed E-state index contributed by atoms with van der Waals surface area (Å²) in [5.74, 6) is 0.654. The fraction of sp³-hybridized carbons (Fsp3) is 0.0588. The van der Waals surface area contributed by atoms with E-state index in [0.29, 0.717) is 21.5 Å². The Morgan fingerprint density at radius 1 is 1.00 bits per heavy atom. The van der Waals surface area contributed by atoms with E-state index in [2.05, 4.69) is 10.2 Å². The number of halogens is 2. The van der Waals surface area contributed by atoms with Crippen LogP contribution in [0.15, 0.2) is 59.6 Å². The number of rotatable bonds is 5. The number of hydrogen-bond acceptors (Lipinski definition) is 5. The first-order valence-electron chi connectivity index (χ1n) is 7.18. The smallest absolute Gasteiger partial charge is 0.258 e. The van der Waals surface area contributed by atoms with Gasteiger partial charge in [0.15, 0.2) is 0 Å². The van der Waals surface area contributed by atoms with Crippen LogP contribution in [0.5, 0.6) is 0 Å². The zero-order chi connectivity index (χ0) is 17.8. The van der Waals surface area contributed by atoms with Gasteiger partial charge in [-0.2, -0.15) is 0 Å². The third-order valence-corrected chi connectivity index (χ3v) is 4.96. The molecular weight excluding hydrogens is 381 g/mol. The Balaban J connectivity index is 1.68. The highest BCUT2D eigenvalue weighted by atomic mass is 35.5. The third-order valence-electron chi connectivity index (χ3n) is 3.40. The Kier molecular flexibility index (Phi) is 5.53. The first-order chi connectivity index (χ1) is 12.0. The van der Waals surface area contributed by atoms with Gasteiger partial charge in [-0.1, -0.05) is 41.0 Å². The van der Waals surface area contributed by atoms with Gasteiger partial charge in [0.25, 0.3) is 5.69 Å². The first-order valence-corrected chi connectivity index (χ1v) is 8.92. The van der Waals surface area contributed by atoms with Gasteiger partial charge in [0.2, 0.25) is 0 Å². The molecule has 5 nitrogen and oxygen atoms in total. The molecule has 8 heteroatoms. The normalized spacial score (nSPS) is 10.6. The second-order valence-electron chi connectivity index (χ2n) is 5.09. The van der Waals surface area contributed by atoms with Crippen LogP contribution in [0.25, 0.3) is 11.3 Å². The number of hydrogen-bond donors (Lipinski definition) is 0. The molecule has 0 saturated heterocycles. The summed E-state index contributed by atoms with van der Waals surface area (Å²) in [5.41, 5.74) is 2.44. The van der Waals surface area contributed by atoms with Crippen molar-refractivity contribution in [2.24, 2.45) is 0 Å². The van der Waals surface area contributed by atoms with Crippen molar-refractivity contribution in [3.63, 3.8) is 0 Å². The van der Waals surface area contributed by atoms with Crippen molar-refractivity contribution >= 4 is 40.7 Å². The van der Waals surface area contributed by atoms with Gasteiger partial charge < -0.3 is 0 Å². The molecule has 126 valence electrons. The van der Waals surface area contributed by atoms with Gasteiger partial charge in [-0.25, -0.2) is 0 Å². The summed E-state index contributed by atoms with van der Waals surface area (Å²) in [7, 11) is 0. The van der Waals surface area contributed by atoms with Crippen LogP contribution in [0.1, 0.15) is 5.56 Å². The lowest BCUT2D eigenvalue weighted by Gasteiger charge is -2.05. The van der Waals surface area contributed by atoms with Crippen LogP contribution in [0, 0.1) is 10.1 Å². The molecule has 0 aliphatic carbocycles. The van der Waals surface area contributed by atoms with Crippen LogP contribution in [0.4, 0.5) is 5.69 Å². The summed E-state index contributed by atoms with van der Waals surface area (Å²) in [6.45, 7) is 0. The van der Waals surface area contributed by atoms with Gasteiger partial charge in [-0.15, -0.1) is 10.2 Å². The predicted molar refractivity (Wildman–Crippen MR) is 100 cm³/mol. The molecule has 25 heavy (non-hydrogen) atoms. The Hall–Kier alpha value is -2.15. The summed E-state index contributed by atoms with van der Waals surface area (Å²) in [6.07, 6.45) is 0. The molecule has 0 amide bonds. The van der Waals surface area contributed by atoms with Crippen LogP contribution < -0.4 is 0 Å². The quantitative estimate of drug-likeness (QED) is 0.319. The van der Waals surface area contributed by atoms with Crippen molar-refractivity contribution in [3.8, 4) is 11.3 Å². The minimum Gasteiger partial charge on any atom is -0.258 e. The van der Waals surface area contributed by atoms with Crippen molar-refractivity contribution in [3.05, 3.63) is 80.3 Å². The zero-order valence-corrected chi connectivity index (χ0v) is 15.1. The average molecular weight is 392 g/mol. The molecule has 1 heterocycles. The maximum absolute atomic E-state index is 10.7. The Bertz CT molecular complexity index is 903. The highest BCUT2D eigenvalue weighted by Crippen LogP contribution is 2.28. The summed E-state index contributed by atoms with van der Waals surface area (Å²) < 4.78 is 0. The van der Waals surface area contributed by atoms with Crippen LogP contribution in [-0.4, -0.2) is 15.1 Å². The van der Waals surface area contributed by atoms with Crippen molar-refractivity contribution in [2.45, 2.75) is 10.8 Å². The van der Waals surface area contributed by atoms with Crippen molar-refractivity contribution in [2.75, 3.05) is 0 Å². The molecule has 2 aromatic carbocycles. The largest absolute Gasteiger partial charge is 0.269 e. The van der Waals surface area contributed by atoms with Gasteiger partial charge in [-0.3, -0.25) is 10.1 Å². The van der Waals surface area contributed by atoms with E-state index < -0.39 is 4.92 Å². The van der Waals surface area contributed by atoms with Crippen molar-refractivity contribution in [1.29, 1.82) is 0 Å². The Morgan fingerprint density at radius 3 is 2.36 bits per heavy atom. The summed E-state index contributed by atoms with van der Waals surface area (Å²) in [5, 5.41) is 21.0. The number of nitro benzene ring substituents is 1. The second-order valence-corrected chi connectivity index (χ2v) is 6.92.